The van der Waals surface area contributed by atoms with Gasteiger partial charge in [0, 0.05) is 93.8 Å². The third-order valence-corrected chi connectivity index (χ3v) is 29.1. The number of hydrogen-bond acceptors (Lipinski definition) is 11. The third-order valence-electron chi connectivity index (χ3n) is 29.1. The molecule has 19 aromatic carbocycles. The van der Waals surface area contributed by atoms with E-state index < -0.39 is 5.41 Å². The molecule has 7 heterocycles. The molecule has 0 radical (unpaired) electrons. The summed E-state index contributed by atoms with van der Waals surface area (Å²) in [4.78, 5) is 40.2. The Balaban J connectivity index is 0.000000111. The van der Waals surface area contributed by atoms with Crippen LogP contribution in [-0.4, -0.2) is 39.5 Å². The van der Waals surface area contributed by atoms with Gasteiger partial charge in [-0.3, -0.25) is 4.90 Å². The van der Waals surface area contributed by atoms with Gasteiger partial charge in [-0.2, -0.15) is 0 Å². The van der Waals surface area contributed by atoms with Crippen molar-refractivity contribution in [2.75, 3.05) is 9.80 Å². The molecule has 24 aromatic rings. The summed E-state index contributed by atoms with van der Waals surface area (Å²) in [5.74, 6) is 4.82. The predicted molar refractivity (Wildman–Crippen MR) is 585 cm³/mol. The van der Waals surface area contributed by atoms with Crippen molar-refractivity contribution in [2.45, 2.75) is 43.9 Å². The van der Waals surface area contributed by atoms with Crippen LogP contribution in [0, 0.1) is 0 Å². The number of benzene rings is 19. The van der Waals surface area contributed by atoms with Gasteiger partial charge in [-0.1, -0.05) is 410 Å². The molecule has 2 aliphatic heterocycles. The van der Waals surface area contributed by atoms with Crippen molar-refractivity contribution >= 4 is 78.1 Å². The molecule has 4 aliphatic rings. The van der Waals surface area contributed by atoms with Crippen LogP contribution >= 0.6 is 0 Å². The summed E-state index contributed by atoms with van der Waals surface area (Å²) in [5, 5.41) is 4.66. The SMILES string of the molecule is CC1(C)c2ccccc2-c2cc3c(cc21)Oc1ccccc1N3c1nc(-c2ccccc2)cc(-c2ccccc2)n1.CC1(C)c2ccccc2N(c2ccccc2)c2cc3c4ccccc4n(-c4cccc(-c5nc(-c6ccccc6)nc(-c6ccccc6)n5)c4)c3cc21.c1ccc(-c2cc(-c3ccc4c(c3)C(c3ccccc3)(c3ccccc3)c3c-4ccc4c3oc3ccccc34)nc(-c3ccccc3)n2)cc1. The lowest BCUT2D eigenvalue weighted by molar-refractivity contribution is 0.474. The lowest BCUT2D eigenvalue weighted by Gasteiger charge is -2.42. The molecule has 2 aliphatic carbocycles. The van der Waals surface area contributed by atoms with E-state index in [0.717, 1.165) is 135 Å². The second kappa shape index (κ2) is 35.0. The summed E-state index contributed by atoms with van der Waals surface area (Å²) in [5.41, 5.74) is 35.8. The highest BCUT2D eigenvalue weighted by atomic mass is 16.5. The largest absolute Gasteiger partial charge is 0.456 e. The van der Waals surface area contributed by atoms with Gasteiger partial charge in [-0.15, -0.1) is 0 Å². The maximum atomic E-state index is 6.85. The van der Waals surface area contributed by atoms with E-state index in [-0.39, 0.29) is 10.8 Å². The predicted octanol–water partition coefficient (Wildman–Crippen LogP) is 33.5. The maximum absolute atomic E-state index is 6.85. The number of para-hydroxylation sites is 6. The van der Waals surface area contributed by atoms with Gasteiger partial charge < -0.3 is 18.6 Å². The molecule has 0 atom stereocenters. The zero-order valence-corrected chi connectivity index (χ0v) is 79.5. The van der Waals surface area contributed by atoms with E-state index in [0.29, 0.717) is 29.2 Å². The lowest BCUT2D eigenvalue weighted by atomic mass is 9.67. The van der Waals surface area contributed by atoms with Crippen molar-refractivity contribution in [3.05, 3.63) is 530 Å². The lowest BCUT2D eigenvalue weighted by Crippen LogP contribution is -2.30. The Kier molecular flexibility index (Phi) is 20.9. The van der Waals surface area contributed by atoms with Crippen LogP contribution < -0.4 is 14.5 Å². The average Bonchev–Trinajstić information content (AvgIpc) is 1.51. The second-order valence-electron chi connectivity index (χ2n) is 38.2. The van der Waals surface area contributed by atoms with Crippen LogP contribution in [0.15, 0.2) is 490 Å². The summed E-state index contributed by atoms with van der Waals surface area (Å²) >= 11 is 0. The van der Waals surface area contributed by atoms with Gasteiger partial charge in [0.25, 0.3) is 0 Å². The van der Waals surface area contributed by atoms with Crippen molar-refractivity contribution in [3.8, 4) is 130 Å². The highest BCUT2D eigenvalue weighted by Crippen LogP contribution is 2.62. The molecule has 0 saturated heterocycles. The van der Waals surface area contributed by atoms with Gasteiger partial charge in [0.2, 0.25) is 5.95 Å². The first-order valence-electron chi connectivity index (χ1n) is 49.0. The highest BCUT2D eigenvalue weighted by molar-refractivity contribution is 6.13. The van der Waals surface area contributed by atoms with Crippen molar-refractivity contribution in [2.24, 2.45) is 0 Å². The molecule has 0 fully saturated rings. The van der Waals surface area contributed by atoms with Gasteiger partial charge in [0.1, 0.15) is 11.2 Å². The van der Waals surface area contributed by atoms with E-state index in [9.17, 15) is 0 Å². The van der Waals surface area contributed by atoms with Crippen molar-refractivity contribution < 1.29 is 9.15 Å². The Morgan fingerprint density at radius 3 is 1.30 bits per heavy atom. The van der Waals surface area contributed by atoms with Crippen LogP contribution in [0.25, 0.3) is 162 Å². The normalized spacial score (nSPS) is 13.3. The number of furan rings is 1. The minimum Gasteiger partial charge on any atom is -0.456 e. The van der Waals surface area contributed by atoms with Crippen molar-refractivity contribution in [3.63, 3.8) is 0 Å². The molecular formula is C132H92N10O2. The Hall–Kier alpha value is -18.7. The number of fused-ring (bicyclic) bond motifs is 17. The Morgan fingerprint density at radius 1 is 0.229 bits per heavy atom. The Labute approximate surface area is 834 Å². The third kappa shape index (κ3) is 14.5. The first-order chi connectivity index (χ1) is 70.9. The fourth-order valence-electron chi connectivity index (χ4n) is 22.2. The van der Waals surface area contributed by atoms with Gasteiger partial charge in [0.05, 0.1) is 62.0 Å². The quantitative estimate of drug-likeness (QED) is 0.110. The zero-order valence-electron chi connectivity index (χ0n) is 79.5. The van der Waals surface area contributed by atoms with Crippen LogP contribution in [0.3, 0.4) is 0 Å². The minimum absolute atomic E-state index is 0.129. The van der Waals surface area contributed by atoms with E-state index in [2.05, 4.69) is 382 Å². The number of aromatic nitrogens is 8. The molecule has 0 spiro atoms. The van der Waals surface area contributed by atoms with Crippen LogP contribution in [0.4, 0.5) is 34.4 Å². The summed E-state index contributed by atoms with van der Waals surface area (Å²) < 4.78 is 15.8. The fraction of sp³-hybridized carbons (Fsp3) is 0.0530. The molecule has 5 aromatic heterocycles. The molecule has 0 N–H and O–H groups in total. The molecule has 12 nitrogen and oxygen atoms in total. The van der Waals surface area contributed by atoms with Gasteiger partial charge in [-0.05, 0) is 164 Å². The molecule has 0 saturated carbocycles. The van der Waals surface area contributed by atoms with Crippen molar-refractivity contribution in [1.29, 1.82) is 0 Å². The van der Waals surface area contributed by atoms with E-state index in [1.807, 2.05) is 146 Å². The number of ether oxygens (including phenoxy) is 1. The topological polar surface area (TPSA) is 124 Å². The van der Waals surface area contributed by atoms with Crippen molar-refractivity contribution in [1.82, 2.24) is 39.5 Å². The molecule has 0 bridgehead atoms. The summed E-state index contributed by atoms with van der Waals surface area (Å²) in [7, 11) is 0. The zero-order chi connectivity index (χ0) is 96.1. The molecule has 682 valence electrons. The van der Waals surface area contributed by atoms with Crippen LogP contribution in [0.1, 0.15) is 72.2 Å². The number of rotatable bonds is 13. The monoisotopic (exact) mass is 1850 g/mol. The first-order valence-corrected chi connectivity index (χ1v) is 49.0. The molecule has 0 unspecified atom stereocenters. The van der Waals surface area contributed by atoms with Crippen LogP contribution in [0.2, 0.25) is 0 Å². The highest BCUT2D eigenvalue weighted by Gasteiger charge is 2.49. The molecule has 28 rings (SSSR count). The average molecular weight is 1850 g/mol. The number of nitrogens with zero attached hydrogens (tertiary/aromatic N) is 10. The molecule has 144 heavy (non-hydrogen) atoms. The standard InChI is InChI=1S/C48H35N5.C47H30N2O.C37H27N3O/c1-48(2)39-26-13-15-28-42(39)52(35-22-10-5-11-23-35)44-30-38-37-25-12-14-27-41(37)53(43(38)31-40(44)48)36-24-16-21-34(29-36)47-50-45(32-17-6-3-7-18-32)49-46(51-47)33-19-8-4-9-20-33;1-5-15-31(16-6-1)41-30-42(49-46(48-41)32-17-7-2-8-18-32)33-25-26-36-38-27-28-39-37-23-13-14-24-43(37)50-45(39)44(38)47(40(36)29-33,34-19-9-3-10-20-34)35-21-11-4-12-22-35;1-37(2)28-18-10-9-17-26(28)27-21-33-35(22-29(27)37)41-34-20-12-11-19-32(34)40(33)36-38-30(24-13-5-3-6-14-24)23-31(39-36)25-15-7-4-8-16-25/h3-31H,1-2H3;1-30H;3-23H,1-2H3. The first kappa shape index (κ1) is 85.7. The van der Waals surface area contributed by atoms with E-state index >= 15 is 0 Å². The second-order valence-corrected chi connectivity index (χ2v) is 38.2. The minimum atomic E-state index is -0.645. The van der Waals surface area contributed by atoms with E-state index in [1.54, 1.807) is 0 Å². The summed E-state index contributed by atoms with van der Waals surface area (Å²) in [6.45, 7) is 9.28. The molecule has 12 heteroatoms. The Bertz CT molecular complexity index is 8880. The summed E-state index contributed by atoms with van der Waals surface area (Å²) in [6.07, 6.45) is 0. The molecule has 0 amide bonds. The number of hydrogen-bond donors (Lipinski definition) is 0. The number of anilines is 6. The van der Waals surface area contributed by atoms with Gasteiger partial charge in [-0.25, -0.2) is 34.9 Å². The maximum Gasteiger partial charge on any atom is 0.236 e. The van der Waals surface area contributed by atoms with Crippen LogP contribution in [0.5, 0.6) is 11.5 Å². The van der Waals surface area contributed by atoms with Gasteiger partial charge >= 0.3 is 0 Å². The van der Waals surface area contributed by atoms with Gasteiger partial charge in [0.15, 0.2) is 34.8 Å². The van der Waals surface area contributed by atoms with E-state index in [4.69, 9.17) is 44.0 Å². The summed E-state index contributed by atoms with van der Waals surface area (Å²) in [6, 6.07) is 170. The molecular weight excluding hydrogens is 1760 g/mol. The fourth-order valence-corrected chi connectivity index (χ4v) is 22.2. The Morgan fingerprint density at radius 2 is 0.688 bits per heavy atom. The van der Waals surface area contributed by atoms with E-state index in [1.165, 1.54) is 88.9 Å². The van der Waals surface area contributed by atoms with Crippen LogP contribution in [-0.2, 0) is 16.2 Å². The smallest absolute Gasteiger partial charge is 0.236 e.